The van der Waals surface area contributed by atoms with Crippen LogP contribution in [0, 0.1) is 0 Å². The summed E-state index contributed by atoms with van der Waals surface area (Å²) in [4.78, 5) is 13.4. The Morgan fingerprint density at radius 1 is 1.25 bits per heavy atom. The SMILES string of the molecule is CCC(CS(=O)(=O)c1ccccc1)N=C(N)N1CCN(c2nccs2)CC1.I. The van der Waals surface area contributed by atoms with Gasteiger partial charge in [0.25, 0.3) is 0 Å². The number of nitrogens with zero attached hydrogens (tertiary/aromatic N) is 4. The highest BCUT2D eigenvalue weighted by atomic mass is 127. The molecule has 7 nitrogen and oxygen atoms in total. The van der Waals surface area contributed by atoms with Crippen LogP contribution in [0.15, 0.2) is 51.8 Å². The number of sulfone groups is 1. The van der Waals surface area contributed by atoms with Crippen molar-refractivity contribution in [2.75, 3.05) is 36.8 Å². The minimum Gasteiger partial charge on any atom is -0.370 e. The van der Waals surface area contributed by atoms with Crippen molar-refractivity contribution >= 4 is 56.2 Å². The molecule has 3 rings (SSSR count). The molecule has 2 aromatic rings. The fourth-order valence-electron chi connectivity index (χ4n) is 2.99. The van der Waals surface area contributed by atoms with Gasteiger partial charge in [-0.1, -0.05) is 25.1 Å². The van der Waals surface area contributed by atoms with Crippen LogP contribution in [0.4, 0.5) is 5.13 Å². The van der Waals surface area contributed by atoms with E-state index in [-0.39, 0.29) is 35.8 Å². The summed E-state index contributed by atoms with van der Waals surface area (Å²) in [6, 6.07) is 8.14. The highest BCUT2D eigenvalue weighted by Gasteiger charge is 2.23. The summed E-state index contributed by atoms with van der Waals surface area (Å²) in [5.74, 6) is 0.386. The molecule has 0 radical (unpaired) electrons. The quantitative estimate of drug-likeness (QED) is 0.347. The predicted molar refractivity (Wildman–Crippen MR) is 126 cm³/mol. The molecule has 10 heteroatoms. The number of hydrogen-bond acceptors (Lipinski definition) is 6. The molecule has 1 aromatic carbocycles. The normalized spacial score (nSPS) is 16.5. The monoisotopic (exact) mass is 535 g/mol. The highest BCUT2D eigenvalue weighted by Crippen LogP contribution is 2.19. The van der Waals surface area contributed by atoms with Crippen molar-refractivity contribution in [2.45, 2.75) is 24.3 Å². The fourth-order valence-corrected chi connectivity index (χ4v) is 5.27. The summed E-state index contributed by atoms with van der Waals surface area (Å²) in [6.45, 7) is 5.07. The van der Waals surface area contributed by atoms with E-state index in [4.69, 9.17) is 5.73 Å². The molecule has 1 saturated heterocycles. The van der Waals surface area contributed by atoms with E-state index in [0.29, 0.717) is 17.3 Å². The third-order valence-corrected chi connectivity index (χ3v) is 7.24. The Kier molecular flexibility index (Phi) is 8.50. The minimum atomic E-state index is -3.38. The van der Waals surface area contributed by atoms with E-state index in [0.717, 1.165) is 31.3 Å². The molecular weight excluding hydrogens is 509 g/mol. The summed E-state index contributed by atoms with van der Waals surface area (Å²) >= 11 is 1.63. The molecule has 1 atom stereocenters. The maximum absolute atomic E-state index is 12.6. The number of rotatable bonds is 6. The van der Waals surface area contributed by atoms with E-state index in [1.54, 1.807) is 47.9 Å². The Morgan fingerprint density at radius 2 is 1.93 bits per heavy atom. The van der Waals surface area contributed by atoms with Gasteiger partial charge in [0.1, 0.15) is 0 Å². The van der Waals surface area contributed by atoms with E-state index >= 15 is 0 Å². The van der Waals surface area contributed by atoms with Crippen molar-refractivity contribution in [1.82, 2.24) is 9.88 Å². The average molecular weight is 535 g/mol. The molecule has 0 amide bonds. The lowest BCUT2D eigenvalue weighted by molar-refractivity contribution is 0.379. The van der Waals surface area contributed by atoms with Crippen molar-refractivity contribution in [3.63, 3.8) is 0 Å². The molecule has 2 heterocycles. The van der Waals surface area contributed by atoms with Gasteiger partial charge in [-0.2, -0.15) is 0 Å². The van der Waals surface area contributed by atoms with Gasteiger partial charge in [-0.25, -0.2) is 18.4 Å². The lowest BCUT2D eigenvalue weighted by atomic mass is 10.3. The summed E-state index contributed by atoms with van der Waals surface area (Å²) in [6.07, 6.45) is 2.42. The molecule has 28 heavy (non-hydrogen) atoms. The summed E-state index contributed by atoms with van der Waals surface area (Å²) in [5, 5.41) is 2.99. The van der Waals surface area contributed by atoms with Gasteiger partial charge in [0.15, 0.2) is 20.9 Å². The van der Waals surface area contributed by atoms with Gasteiger partial charge in [-0.05, 0) is 18.6 Å². The van der Waals surface area contributed by atoms with Crippen molar-refractivity contribution < 1.29 is 8.42 Å². The Labute approximate surface area is 187 Å². The molecule has 0 bridgehead atoms. The zero-order chi connectivity index (χ0) is 19.3. The minimum absolute atomic E-state index is 0. The lowest BCUT2D eigenvalue weighted by Crippen LogP contribution is -2.51. The number of anilines is 1. The van der Waals surface area contributed by atoms with Gasteiger partial charge < -0.3 is 15.5 Å². The van der Waals surface area contributed by atoms with Gasteiger partial charge in [0.2, 0.25) is 0 Å². The number of thiazole rings is 1. The molecule has 154 valence electrons. The number of halogens is 1. The molecule has 1 aromatic heterocycles. The topological polar surface area (TPSA) is 91.9 Å². The molecule has 0 spiro atoms. The number of aromatic nitrogens is 1. The molecule has 1 aliphatic rings. The number of piperazine rings is 1. The standard InChI is InChI=1S/C18H25N5O2S2.HI/c1-2-15(14-27(24,25)16-6-4-3-5-7-16)21-17(19)22-9-11-23(12-10-22)18-20-8-13-26-18;/h3-8,13,15H,2,9-12,14H2,1H3,(H2,19,21);1H. The smallest absolute Gasteiger partial charge is 0.191 e. The van der Waals surface area contributed by atoms with Gasteiger partial charge >= 0.3 is 0 Å². The van der Waals surface area contributed by atoms with Crippen molar-refractivity contribution in [2.24, 2.45) is 10.7 Å². The third-order valence-electron chi connectivity index (χ3n) is 4.59. The number of benzene rings is 1. The van der Waals surface area contributed by atoms with E-state index in [2.05, 4.69) is 14.9 Å². The van der Waals surface area contributed by atoms with Crippen LogP contribution in [0.1, 0.15) is 13.3 Å². The maximum Gasteiger partial charge on any atom is 0.191 e. The van der Waals surface area contributed by atoms with Gasteiger partial charge in [-0.15, -0.1) is 35.3 Å². The van der Waals surface area contributed by atoms with E-state index < -0.39 is 9.84 Å². The molecule has 0 saturated carbocycles. The van der Waals surface area contributed by atoms with Gasteiger partial charge in [-0.3, -0.25) is 0 Å². The van der Waals surface area contributed by atoms with Crippen LogP contribution in [-0.4, -0.2) is 62.2 Å². The maximum atomic E-state index is 12.6. The van der Waals surface area contributed by atoms with Crippen LogP contribution in [0.5, 0.6) is 0 Å². The second-order valence-corrected chi connectivity index (χ2v) is 9.34. The lowest BCUT2D eigenvalue weighted by Gasteiger charge is -2.35. The molecule has 1 unspecified atom stereocenters. The zero-order valence-corrected chi connectivity index (χ0v) is 19.7. The predicted octanol–water partition coefficient (Wildman–Crippen LogP) is 2.45. The molecule has 1 fully saturated rings. The fraction of sp³-hybridized carbons (Fsp3) is 0.444. The first-order valence-electron chi connectivity index (χ1n) is 9.00. The third kappa shape index (κ3) is 5.80. The second kappa shape index (κ2) is 10.4. The van der Waals surface area contributed by atoms with E-state index in [1.165, 1.54) is 0 Å². The Bertz CT molecular complexity index is 851. The summed E-state index contributed by atoms with van der Waals surface area (Å²) in [5.41, 5.74) is 6.20. The van der Waals surface area contributed by atoms with Crippen LogP contribution in [0.25, 0.3) is 0 Å². The number of guanidine groups is 1. The Morgan fingerprint density at radius 3 is 2.50 bits per heavy atom. The molecular formula is C18H26IN5O2S2. The van der Waals surface area contributed by atoms with Crippen LogP contribution >= 0.6 is 35.3 Å². The second-order valence-electron chi connectivity index (χ2n) is 6.43. The first-order chi connectivity index (χ1) is 13.0. The van der Waals surface area contributed by atoms with Crippen molar-refractivity contribution in [3.05, 3.63) is 41.9 Å². The summed E-state index contributed by atoms with van der Waals surface area (Å²) < 4.78 is 25.2. The number of hydrogen-bond donors (Lipinski definition) is 1. The van der Waals surface area contributed by atoms with Crippen LogP contribution in [0.3, 0.4) is 0 Å². The van der Waals surface area contributed by atoms with E-state index in [9.17, 15) is 8.42 Å². The first kappa shape index (κ1) is 22.9. The largest absolute Gasteiger partial charge is 0.370 e. The molecule has 2 N–H and O–H groups in total. The summed E-state index contributed by atoms with van der Waals surface area (Å²) in [7, 11) is -3.38. The van der Waals surface area contributed by atoms with Crippen molar-refractivity contribution in [3.8, 4) is 0 Å². The Balaban J connectivity index is 0.00000280. The van der Waals surface area contributed by atoms with E-state index in [1.807, 2.05) is 17.2 Å². The van der Waals surface area contributed by atoms with Crippen LogP contribution in [-0.2, 0) is 9.84 Å². The van der Waals surface area contributed by atoms with Crippen molar-refractivity contribution in [1.29, 1.82) is 0 Å². The van der Waals surface area contributed by atoms with Gasteiger partial charge in [0.05, 0.1) is 16.7 Å². The zero-order valence-electron chi connectivity index (χ0n) is 15.8. The van der Waals surface area contributed by atoms with Gasteiger partial charge in [0, 0.05) is 37.8 Å². The average Bonchev–Trinajstić information content (AvgIpc) is 3.23. The molecule has 0 aliphatic carbocycles. The number of aliphatic imine (C=N–C) groups is 1. The highest BCUT2D eigenvalue weighted by molar-refractivity contribution is 14.0. The first-order valence-corrected chi connectivity index (χ1v) is 11.5. The number of nitrogens with two attached hydrogens (primary N) is 1. The van der Waals surface area contributed by atoms with Crippen LogP contribution < -0.4 is 10.6 Å². The van der Waals surface area contributed by atoms with Crippen LogP contribution in [0.2, 0.25) is 0 Å². The Hall–Kier alpha value is -1.40. The molecule has 1 aliphatic heterocycles.